The second kappa shape index (κ2) is 6.55. The van der Waals surface area contributed by atoms with Crippen molar-refractivity contribution in [3.63, 3.8) is 0 Å². The number of rotatable bonds is 7. The van der Waals surface area contributed by atoms with Crippen molar-refractivity contribution in [2.75, 3.05) is 6.61 Å². The highest BCUT2D eigenvalue weighted by molar-refractivity contribution is 5.96. The monoisotopic (exact) mass is 238 g/mol. The lowest BCUT2D eigenvalue weighted by Gasteiger charge is -2.19. The van der Waals surface area contributed by atoms with E-state index in [0.29, 0.717) is 12.4 Å². The van der Waals surface area contributed by atoms with Gasteiger partial charge in [0.25, 0.3) is 0 Å². The van der Waals surface area contributed by atoms with Crippen molar-refractivity contribution < 1.29 is 9.53 Å². The molecule has 1 rings (SSSR count). The number of hydrogen-bond donors (Lipinski definition) is 0. The predicted molar refractivity (Wildman–Crippen MR) is 67.1 cm³/mol. The van der Waals surface area contributed by atoms with Crippen LogP contribution >= 0.6 is 0 Å². The number of Topliss-reactive ketones (excluding diaryl/α,β-unsaturated/α-hetero) is 1. The Morgan fingerprint density at radius 1 is 1.47 bits per heavy atom. The van der Waals surface area contributed by atoms with Gasteiger partial charge in [-0.3, -0.25) is 4.79 Å². The molecule has 1 heterocycles. The van der Waals surface area contributed by atoms with Gasteiger partial charge < -0.3 is 9.30 Å². The van der Waals surface area contributed by atoms with E-state index in [2.05, 4.69) is 11.9 Å². The van der Waals surface area contributed by atoms with E-state index in [1.807, 2.05) is 31.5 Å². The van der Waals surface area contributed by atoms with Crippen molar-refractivity contribution in [1.29, 1.82) is 0 Å². The van der Waals surface area contributed by atoms with Gasteiger partial charge in [-0.05, 0) is 19.3 Å². The van der Waals surface area contributed by atoms with Gasteiger partial charge in [-0.15, -0.1) is 0 Å². The first-order valence-corrected chi connectivity index (χ1v) is 6.28. The lowest BCUT2D eigenvalue weighted by molar-refractivity contribution is 0.0267. The first-order chi connectivity index (χ1) is 8.11. The van der Waals surface area contributed by atoms with E-state index in [4.69, 9.17) is 4.74 Å². The standard InChI is InChI=1S/C13H22N2O2/c1-5-8-15-9-7-14-13(15)11(16)12(10(3)4)17-6-2/h7,9-10,12H,5-6,8H2,1-4H3. The molecule has 1 aromatic rings. The molecule has 0 aromatic carbocycles. The van der Waals surface area contributed by atoms with E-state index in [0.717, 1.165) is 13.0 Å². The van der Waals surface area contributed by atoms with Crippen LogP contribution in [-0.2, 0) is 11.3 Å². The molecule has 0 bridgehead atoms. The predicted octanol–water partition coefficient (Wildman–Crippen LogP) is 2.54. The number of carbonyl (C=O) groups is 1. The molecule has 0 aliphatic rings. The van der Waals surface area contributed by atoms with Gasteiger partial charge in [-0.25, -0.2) is 4.98 Å². The first kappa shape index (κ1) is 13.9. The second-order valence-corrected chi connectivity index (χ2v) is 4.43. The van der Waals surface area contributed by atoms with Crippen molar-refractivity contribution in [2.24, 2.45) is 5.92 Å². The number of aromatic nitrogens is 2. The molecule has 0 aliphatic heterocycles. The van der Waals surface area contributed by atoms with Gasteiger partial charge in [0.1, 0.15) is 6.10 Å². The summed E-state index contributed by atoms with van der Waals surface area (Å²) in [5.41, 5.74) is 0. The normalized spacial score (nSPS) is 13.0. The van der Waals surface area contributed by atoms with E-state index < -0.39 is 6.10 Å². The van der Waals surface area contributed by atoms with Crippen LogP contribution < -0.4 is 0 Å². The van der Waals surface area contributed by atoms with Gasteiger partial charge in [0.2, 0.25) is 5.78 Å². The number of ketones is 1. The van der Waals surface area contributed by atoms with Crippen molar-refractivity contribution in [1.82, 2.24) is 9.55 Å². The fraction of sp³-hybridized carbons (Fsp3) is 0.692. The molecule has 4 heteroatoms. The van der Waals surface area contributed by atoms with E-state index in [1.54, 1.807) is 6.20 Å². The average Bonchev–Trinajstić information content (AvgIpc) is 2.73. The zero-order valence-corrected chi connectivity index (χ0v) is 11.1. The third kappa shape index (κ3) is 3.40. The quantitative estimate of drug-likeness (QED) is 0.686. The summed E-state index contributed by atoms with van der Waals surface area (Å²) in [5, 5.41) is 0. The lowest BCUT2D eigenvalue weighted by atomic mass is 10.0. The van der Waals surface area contributed by atoms with Gasteiger partial charge in [-0.1, -0.05) is 20.8 Å². The maximum atomic E-state index is 12.3. The number of carbonyl (C=O) groups excluding carboxylic acids is 1. The summed E-state index contributed by atoms with van der Waals surface area (Å²) in [4.78, 5) is 16.5. The third-order valence-electron chi connectivity index (χ3n) is 2.61. The molecule has 4 nitrogen and oxygen atoms in total. The Kier molecular flexibility index (Phi) is 5.35. The van der Waals surface area contributed by atoms with Gasteiger partial charge >= 0.3 is 0 Å². The topological polar surface area (TPSA) is 44.1 Å². The summed E-state index contributed by atoms with van der Waals surface area (Å²) in [6, 6.07) is 0. The number of nitrogens with zero attached hydrogens (tertiary/aromatic N) is 2. The molecule has 1 atom stereocenters. The average molecular weight is 238 g/mol. The molecule has 0 radical (unpaired) electrons. The highest BCUT2D eigenvalue weighted by atomic mass is 16.5. The van der Waals surface area contributed by atoms with Crippen LogP contribution in [0.1, 0.15) is 44.7 Å². The molecule has 1 unspecified atom stereocenters. The van der Waals surface area contributed by atoms with Crippen LogP contribution in [0.2, 0.25) is 0 Å². The van der Waals surface area contributed by atoms with E-state index in [9.17, 15) is 4.79 Å². The van der Waals surface area contributed by atoms with Crippen LogP contribution in [0, 0.1) is 5.92 Å². The molecule has 0 fully saturated rings. The summed E-state index contributed by atoms with van der Waals surface area (Å²) in [5.74, 6) is 0.661. The van der Waals surface area contributed by atoms with Crippen LogP contribution in [0.5, 0.6) is 0 Å². The zero-order chi connectivity index (χ0) is 12.8. The minimum absolute atomic E-state index is 0.0136. The van der Waals surface area contributed by atoms with E-state index in [1.165, 1.54) is 0 Å². The molecule has 1 aromatic heterocycles. The fourth-order valence-electron chi connectivity index (χ4n) is 1.83. The smallest absolute Gasteiger partial charge is 0.227 e. The van der Waals surface area contributed by atoms with Crippen molar-refractivity contribution >= 4 is 5.78 Å². The first-order valence-electron chi connectivity index (χ1n) is 6.28. The van der Waals surface area contributed by atoms with Gasteiger partial charge in [-0.2, -0.15) is 0 Å². The fourth-order valence-corrected chi connectivity index (χ4v) is 1.83. The van der Waals surface area contributed by atoms with Crippen LogP contribution in [-0.4, -0.2) is 28.0 Å². The Bertz CT molecular complexity index is 358. The van der Waals surface area contributed by atoms with Crippen LogP contribution in [0.4, 0.5) is 0 Å². The molecule has 0 saturated heterocycles. The van der Waals surface area contributed by atoms with Crippen molar-refractivity contribution in [2.45, 2.75) is 46.8 Å². The Hall–Kier alpha value is -1.16. The van der Waals surface area contributed by atoms with Gasteiger partial charge in [0.05, 0.1) is 0 Å². The molecule has 0 N–H and O–H groups in total. The maximum Gasteiger partial charge on any atom is 0.227 e. The van der Waals surface area contributed by atoms with Gasteiger partial charge in [0.15, 0.2) is 5.82 Å². The molecule has 0 amide bonds. The maximum absolute atomic E-state index is 12.3. The SMILES string of the molecule is CCCn1ccnc1C(=O)C(OCC)C(C)C. The summed E-state index contributed by atoms with van der Waals surface area (Å²) in [6.45, 7) is 9.33. The number of ether oxygens (including phenoxy) is 1. The Labute approximate surface area is 103 Å². The third-order valence-corrected chi connectivity index (χ3v) is 2.61. The van der Waals surface area contributed by atoms with Crippen LogP contribution in [0.15, 0.2) is 12.4 Å². The number of hydrogen-bond acceptors (Lipinski definition) is 3. The summed E-state index contributed by atoms with van der Waals surface area (Å²) in [7, 11) is 0. The summed E-state index contributed by atoms with van der Waals surface area (Å²) < 4.78 is 7.42. The Balaban J connectivity index is 2.88. The molecule has 96 valence electrons. The zero-order valence-electron chi connectivity index (χ0n) is 11.1. The van der Waals surface area contributed by atoms with Crippen molar-refractivity contribution in [3.8, 4) is 0 Å². The minimum Gasteiger partial charge on any atom is -0.370 e. The van der Waals surface area contributed by atoms with Crippen LogP contribution in [0.3, 0.4) is 0 Å². The Morgan fingerprint density at radius 3 is 2.71 bits per heavy atom. The minimum atomic E-state index is -0.391. The second-order valence-electron chi connectivity index (χ2n) is 4.43. The molecule has 0 saturated carbocycles. The highest BCUT2D eigenvalue weighted by Crippen LogP contribution is 2.13. The lowest BCUT2D eigenvalue weighted by Crippen LogP contribution is -2.32. The molecule has 0 spiro atoms. The number of aryl methyl sites for hydroxylation is 1. The summed E-state index contributed by atoms with van der Waals surface area (Å²) >= 11 is 0. The van der Waals surface area contributed by atoms with Crippen molar-refractivity contribution in [3.05, 3.63) is 18.2 Å². The van der Waals surface area contributed by atoms with E-state index >= 15 is 0 Å². The van der Waals surface area contributed by atoms with Crippen LogP contribution in [0.25, 0.3) is 0 Å². The van der Waals surface area contributed by atoms with Gasteiger partial charge in [0, 0.05) is 25.5 Å². The summed E-state index contributed by atoms with van der Waals surface area (Å²) in [6.07, 6.45) is 4.11. The molecule has 17 heavy (non-hydrogen) atoms. The van der Waals surface area contributed by atoms with E-state index in [-0.39, 0.29) is 11.7 Å². The largest absolute Gasteiger partial charge is 0.370 e. The molecule has 0 aliphatic carbocycles. The Morgan fingerprint density at radius 2 is 2.18 bits per heavy atom. The molecular weight excluding hydrogens is 216 g/mol. The highest BCUT2D eigenvalue weighted by Gasteiger charge is 2.26. The number of imidazole rings is 1. The molecular formula is C13H22N2O2.